The van der Waals surface area contributed by atoms with E-state index in [1.807, 2.05) is 36.5 Å². The van der Waals surface area contributed by atoms with E-state index < -0.39 is 10.0 Å². The number of carbonyl (C=O) groups excluding carboxylic acids is 1. The Balaban J connectivity index is 1.32. The van der Waals surface area contributed by atoms with Gasteiger partial charge in [0.05, 0.1) is 16.8 Å². The van der Waals surface area contributed by atoms with Crippen LogP contribution in [0.15, 0.2) is 71.9 Å². The van der Waals surface area contributed by atoms with E-state index in [1.54, 1.807) is 27.3 Å². The summed E-state index contributed by atoms with van der Waals surface area (Å²) in [6, 6.07) is 16.0. The third-order valence-electron chi connectivity index (χ3n) is 5.73. The number of benzene rings is 2. The molecule has 1 aliphatic heterocycles. The molecule has 0 spiro atoms. The smallest absolute Gasteiger partial charge is 0.251 e. The SMILES string of the molecule is CC1CCCN(S(=O)(=O)c2ccc(C(=O)NCCc3cnn(-c4ccccc4)c3)cc2)C1. The summed E-state index contributed by atoms with van der Waals surface area (Å²) >= 11 is 0. The van der Waals surface area contributed by atoms with E-state index in [9.17, 15) is 13.2 Å². The first-order valence-electron chi connectivity index (χ1n) is 10.9. The molecule has 1 aromatic heterocycles. The molecule has 1 amide bonds. The van der Waals surface area contributed by atoms with E-state index in [-0.39, 0.29) is 10.8 Å². The van der Waals surface area contributed by atoms with Gasteiger partial charge in [-0.05, 0) is 67.1 Å². The quantitative estimate of drug-likeness (QED) is 0.596. The molecule has 4 rings (SSSR count). The largest absolute Gasteiger partial charge is 0.352 e. The summed E-state index contributed by atoms with van der Waals surface area (Å²) < 4.78 is 29.1. The Morgan fingerprint density at radius 2 is 1.88 bits per heavy atom. The van der Waals surface area contributed by atoms with Crippen molar-refractivity contribution in [1.82, 2.24) is 19.4 Å². The highest BCUT2D eigenvalue weighted by molar-refractivity contribution is 7.89. The molecule has 1 fully saturated rings. The van der Waals surface area contributed by atoms with Crippen molar-refractivity contribution in [2.75, 3.05) is 19.6 Å². The standard InChI is InChI=1S/C24H28N4O3S/c1-19-6-5-15-27(17-19)32(30,31)23-11-9-21(10-12-23)24(29)25-14-13-20-16-26-28(18-20)22-7-3-2-4-8-22/h2-4,7-12,16,18-19H,5-6,13-15,17H2,1H3,(H,25,29). The summed E-state index contributed by atoms with van der Waals surface area (Å²) in [5.41, 5.74) is 2.44. The molecule has 2 aromatic carbocycles. The van der Waals surface area contributed by atoms with E-state index in [2.05, 4.69) is 17.3 Å². The van der Waals surface area contributed by atoms with Crippen molar-refractivity contribution in [3.63, 3.8) is 0 Å². The zero-order valence-corrected chi connectivity index (χ0v) is 19.0. The van der Waals surface area contributed by atoms with Gasteiger partial charge in [0.2, 0.25) is 10.0 Å². The van der Waals surface area contributed by atoms with Crippen molar-refractivity contribution < 1.29 is 13.2 Å². The summed E-state index contributed by atoms with van der Waals surface area (Å²) in [5.74, 6) is 0.138. The second-order valence-electron chi connectivity index (χ2n) is 8.27. The van der Waals surface area contributed by atoms with Crippen LogP contribution in [0, 0.1) is 5.92 Å². The van der Waals surface area contributed by atoms with Crippen LogP contribution in [0.5, 0.6) is 0 Å². The fourth-order valence-electron chi connectivity index (χ4n) is 3.93. The lowest BCUT2D eigenvalue weighted by Crippen LogP contribution is -2.39. The maximum atomic E-state index is 12.9. The number of sulfonamides is 1. The number of carbonyl (C=O) groups is 1. The van der Waals surface area contributed by atoms with Crippen LogP contribution in [0.25, 0.3) is 5.69 Å². The predicted molar refractivity (Wildman–Crippen MR) is 123 cm³/mol. The van der Waals surface area contributed by atoms with Crippen LogP contribution in [0.2, 0.25) is 0 Å². The molecular formula is C24H28N4O3S. The molecule has 3 aromatic rings. The molecule has 32 heavy (non-hydrogen) atoms. The first-order chi connectivity index (χ1) is 15.4. The van der Waals surface area contributed by atoms with Crippen LogP contribution in [-0.2, 0) is 16.4 Å². The highest BCUT2D eigenvalue weighted by Gasteiger charge is 2.28. The van der Waals surface area contributed by atoms with Gasteiger partial charge in [-0.1, -0.05) is 25.1 Å². The fourth-order valence-corrected chi connectivity index (χ4v) is 5.52. The van der Waals surface area contributed by atoms with Gasteiger partial charge in [-0.3, -0.25) is 4.79 Å². The van der Waals surface area contributed by atoms with Crippen LogP contribution in [0.4, 0.5) is 0 Å². The number of piperidine rings is 1. The van der Waals surface area contributed by atoms with Gasteiger partial charge in [0.25, 0.3) is 5.91 Å². The highest BCUT2D eigenvalue weighted by atomic mass is 32.2. The minimum Gasteiger partial charge on any atom is -0.352 e. The highest BCUT2D eigenvalue weighted by Crippen LogP contribution is 2.23. The third-order valence-corrected chi connectivity index (χ3v) is 7.61. The molecule has 1 N–H and O–H groups in total. The Morgan fingerprint density at radius 1 is 1.12 bits per heavy atom. The van der Waals surface area contributed by atoms with Crippen molar-refractivity contribution in [3.8, 4) is 5.69 Å². The molecule has 1 atom stereocenters. The number of hydrogen-bond acceptors (Lipinski definition) is 4. The molecule has 0 saturated carbocycles. The summed E-state index contributed by atoms with van der Waals surface area (Å²) in [7, 11) is -3.52. The van der Waals surface area contributed by atoms with E-state index in [0.29, 0.717) is 37.5 Å². The molecule has 0 radical (unpaired) electrons. The lowest BCUT2D eigenvalue weighted by molar-refractivity contribution is 0.0954. The molecule has 0 aliphatic carbocycles. The van der Waals surface area contributed by atoms with Gasteiger partial charge >= 0.3 is 0 Å². The predicted octanol–water partition coefficient (Wildman–Crippen LogP) is 3.27. The Morgan fingerprint density at radius 3 is 2.59 bits per heavy atom. The molecule has 2 heterocycles. The van der Waals surface area contributed by atoms with Crippen molar-refractivity contribution >= 4 is 15.9 Å². The fraction of sp³-hybridized carbons (Fsp3) is 0.333. The summed E-state index contributed by atoms with van der Waals surface area (Å²) in [6.07, 6.45) is 6.32. The maximum absolute atomic E-state index is 12.9. The van der Waals surface area contributed by atoms with Crippen molar-refractivity contribution in [1.29, 1.82) is 0 Å². The van der Waals surface area contributed by atoms with E-state index in [0.717, 1.165) is 24.1 Å². The third kappa shape index (κ3) is 5.08. The normalized spacial score (nSPS) is 17.2. The van der Waals surface area contributed by atoms with Gasteiger partial charge in [0.1, 0.15) is 0 Å². The minimum atomic E-state index is -3.52. The number of amides is 1. The summed E-state index contributed by atoms with van der Waals surface area (Å²) in [6.45, 7) is 3.63. The van der Waals surface area contributed by atoms with Crippen LogP contribution >= 0.6 is 0 Å². The molecule has 1 aliphatic rings. The van der Waals surface area contributed by atoms with Gasteiger partial charge in [-0.2, -0.15) is 9.40 Å². The van der Waals surface area contributed by atoms with E-state index in [4.69, 9.17) is 0 Å². The summed E-state index contributed by atoms with van der Waals surface area (Å²) in [5, 5.41) is 7.25. The molecule has 1 saturated heterocycles. The second-order valence-corrected chi connectivity index (χ2v) is 10.2. The molecule has 7 nitrogen and oxygen atoms in total. The van der Waals surface area contributed by atoms with Gasteiger partial charge in [-0.25, -0.2) is 13.1 Å². The zero-order valence-electron chi connectivity index (χ0n) is 18.1. The molecule has 1 unspecified atom stereocenters. The average molecular weight is 453 g/mol. The Hall–Kier alpha value is -2.97. The van der Waals surface area contributed by atoms with E-state index in [1.165, 1.54) is 12.1 Å². The molecule has 8 heteroatoms. The van der Waals surface area contributed by atoms with Gasteiger partial charge < -0.3 is 5.32 Å². The van der Waals surface area contributed by atoms with Crippen LogP contribution in [-0.4, -0.2) is 48.0 Å². The van der Waals surface area contributed by atoms with Gasteiger partial charge in [0.15, 0.2) is 0 Å². The Labute approximate surface area is 189 Å². The Bertz CT molecular complexity index is 1160. The Kier molecular flexibility index (Phi) is 6.72. The monoisotopic (exact) mass is 452 g/mol. The first kappa shape index (κ1) is 22.2. The lowest BCUT2D eigenvalue weighted by Gasteiger charge is -2.30. The second kappa shape index (κ2) is 9.67. The molecule has 0 bridgehead atoms. The number of nitrogens with zero attached hydrogens (tertiary/aromatic N) is 3. The lowest BCUT2D eigenvalue weighted by atomic mass is 10.0. The number of nitrogens with one attached hydrogen (secondary N) is 1. The number of aromatic nitrogens is 2. The minimum absolute atomic E-state index is 0.226. The van der Waals surface area contributed by atoms with Crippen LogP contribution in [0.1, 0.15) is 35.7 Å². The van der Waals surface area contributed by atoms with Crippen molar-refractivity contribution in [3.05, 3.63) is 78.1 Å². The number of hydrogen-bond donors (Lipinski definition) is 1. The van der Waals surface area contributed by atoms with Crippen molar-refractivity contribution in [2.45, 2.75) is 31.1 Å². The number of para-hydroxylation sites is 1. The summed E-state index contributed by atoms with van der Waals surface area (Å²) in [4.78, 5) is 12.7. The molecular weight excluding hydrogens is 424 g/mol. The van der Waals surface area contributed by atoms with Crippen LogP contribution in [0.3, 0.4) is 0 Å². The number of rotatable bonds is 7. The first-order valence-corrected chi connectivity index (χ1v) is 12.3. The topological polar surface area (TPSA) is 84.3 Å². The molecule has 168 valence electrons. The van der Waals surface area contributed by atoms with Crippen molar-refractivity contribution in [2.24, 2.45) is 5.92 Å². The van der Waals surface area contributed by atoms with E-state index >= 15 is 0 Å². The maximum Gasteiger partial charge on any atom is 0.251 e. The average Bonchev–Trinajstić information content (AvgIpc) is 3.29. The van der Waals surface area contributed by atoms with Gasteiger partial charge in [-0.15, -0.1) is 0 Å². The zero-order chi connectivity index (χ0) is 22.6. The van der Waals surface area contributed by atoms with Crippen LogP contribution < -0.4 is 5.32 Å². The van der Waals surface area contributed by atoms with Gasteiger partial charge in [0, 0.05) is 31.4 Å².